The molecule has 0 spiro atoms. The predicted molar refractivity (Wildman–Crippen MR) is 89.7 cm³/mol. The molecule has 0 bridgehead atoms. The number of hydrogen-bond donors (Lipinski definition) is 1. The van der Waals surface area contributed by atoms with E-state index < -0.39 is 0 Å². The van der Waals surface area contributed by atoms with Gasteiger partial charge < -0.3 is 14.8 Å². The smallest absolute Gasteiger partial charge is 0.251 e. The fourth-order valence-electron chi connectivity index (χ4n) is 3.39. The van der Waals surface area contributed by atoms with Crippen LogP contribution in [0.3, 0.4) is 0 Å². The quantitative estimate of drug-likeness (QED) is 0.912. The topological polar surface area (TPSA) is 47.6 Å². The van der Waals surface area contributed by atoms with Crippen LogP contribution in [-0.4, -0.2) is 37.4 Å². The Hall–Kier alpha value is -1.39. The number of carbonyl (C=O) groups excluding carboxylic acids is 1. The first kappa shape index (κ1) is 16.5. The highest BCUT2D eigenvalue weighted by molar-refractivity contribution is 5.94. The Morgan fingerprint density at radius 3 is 2.35 bits per heavy atom. The monoisotopic (exact) mass is 317 g/mol. The third-order valence-corrected chi connectivity index (χ3v) is 4.83. The normalized spacial score (nSPS) is 28.0. The third kappa shape index (κ3) is 3.93. The Balaban J connectivity index is 1.58. The lowest BCUT2D eigenvalue weighted by Crippen LogP contribution is -2.49. The first-order chi connectivity index (χ1) is 10.9. The van der Waals surface area contributed by atoms with Gasteiger partial charge in [0.2, 0.25) is 0 Å². The number of carbonyl (C=O) groups is 1. The summed E-state index contributed by atoms with van der Waals surface area (Å²) in [6, 6.07) is 8.10. The molecule has 1 aliphatic heterocycles. The molecule has 2 fully saturated rings. The maximum absolute atomic E-state index is 12.5. The van der Waals surface area contributed by atoms with Crippen molar-refractivity contribution in [3.63, 3.8) is 0 Å². The number of benzene rings is 1. The Kier molecular flexibility index (Phi) is 4.74. The molecule has 126 valence electrons. The summed E-state index contributed by atoms with van der Waals surface area (Å²) in [6.45, 7) is 7.88. The van der Waals surface area contributed by atoms with Crippen LogP contribution in [0.1, 0.15) is 56.0 Å². The van der Waals surface area contributed by atoms with Crippen molar-refractivity contribution in [2.75, 3.05) is 13.2 Å². The van der Waals surface area contributed by atoms with Gasteiger partial charge in [-0.2, -0.15) is 0 Å². The number of hydrogen-bond acceptors (Lipinski definition) is 3. The Labute approximate surface area is 138 Å². The largest absolute Gasteiger partial charge is 0.373 e. The molecule has 1 aliphatic carbocycles. The summed E-state index contributed by atoms with van der Waals surface area (Å²) in [7, 11) is 0. The van der Waals surface area contributed by atoms with Crippen molar-refractivity contribution in [2.24, 2.45) is 0 Å². The van der Waals surface area contributed by atoms with Crippen LogP contribution < -0.4 is 5.32 Å². The van der Waals surface area contributed by atoms with Crippen LogP contribution in [0, 0.1) is 0 Å². The Morgan fingerprint density at radius 2 is 1.70 bits per heavy atom. The van der Waals surface area contributed by atoms with Crippen molar-refractivity contribution in [2.45, 2.75) is 63.7 Å². The molecule has 0 unspecified atom stereocenters. The molecule has 1 N–H and O–H groups in total. The summed E-state index contributed by atoms with van der Waals surface area (Å²) in [5.74, 6) is 0.00522. The van der Waals surface area contributed by atoms with Gasteiger partial charge in [-0.3, -0.25) is 4.79 Å². The van der Waals surface area contributed by atoms with Gasteiger partial charge in [0.15, 0.2) is 0 Å². The SMILES string of the molecule is CC(C)(C)c1ccc(C(=O)N[C@@H]2CC[C@@H]3OCCO[C@@H]3C2)cc1. The molecule has 1 amide bonds. The zero-order valence-electron chi connectivity index (χ0n) is 14.3. The molecule has 3 atom stereocenters. The second kappa shape index (κ2) is 6.62. The lowest BCUT2D eigenvalue weighted by Gasteiger charge is -2.39. The van der Waals surface area contributed by atoms with Crippen molar-refractivity contribution in [3.8, 4) is 0 Å². The van der Waals surface area contributed by atoms with Gasteiger partial charge in [0, 0.05) is 11.6 Å². The van der Waals surface area contributed by atoms with Crippen molar-refractivity contribution in [1.29, 1.82) is 0 Å². The van der Waals surface area contributed by atoms with Gasteiger partial charge in [0.25, 0.3) is 5.91 Å². The molecular formula is C19H27NO3. The highest BCUT2D eigenvalue weighted by Crippen LogP contribution is 2.27. The zero-order chi connectivity index (χ0) is 16.4. The molecule has 1 saturated carbocycles. The predicted octanol–water partition coefficient (Wildman–Crippen LogP) is 3.05. The summed E-state index contributed by atoms with van der Waals surface area (Å²) in [5.41, 5.74) is 2.06. The molecule has 1 heterocycles. The van der Waals surface area contributed by atoms with E-state index in [1.807, 2.05) is 24.3 Å². The molecule has 1 aromatic carbocycles. The van der Waals surface area contributed by atoms with Crippen LogP contribution in [0.4, 0.5) is 0 Å². The molecule has 23 heavy (non-hydrogen) atoms. The molecule has 2 aliphatic rings. The molecular weight excluding hydrogens is 290 g/mol. The van der Waals surface area contributed by atoms with Crippen molar-refractivity contribution in [1.82, 2.24) is 5.32 Å². The highest BCUT2D eigenvalue weighted by Gasteiger charge is 2.34. The van der Waals surface area contributed by atoms with Crippen LogP contribution in [0.5, 0.6) is 0 Å². The van der Waals surface area contributed by atoms with Gasteiger partial charge >= 0.3 is 0 Å². The number of rotatable bonds is 2. The summed E-state index contributed by atoms with van der Waals surface area (Å²) in [4.78, 5) is 12.5. The van der Waals surface area contributed by atoms with Gasteiger partial charge in [0.05, 0.1) is 25.4 Å². The van der Waals surface area contributed by atoms with E-state index in [1.54, 1.807) is 0 Å². The first-order valence-corrected chi connectivity index (χ1v) is 8.58. The van der Waals surface area contributed by atoms with Gasteiger partial charge in [-0.15, -0.1) is 0 Å². The summed E-state index contributed by atoms with van der Waals surface area (Å²) >= 11 is 0. The molecule has 1 saturated heterocycles. The van der Waals surface area contributed by atoms with Crippen LogP contribution >= 0.6 is 0 Å². The molecule has 0 aromatic heterocycles. The van der Waals surface area contributed by atoms with E-state index in [9.17, 15) is 4.79 Å². The average Bonchev–Trinajstić information content (AvgIpc) is 2.54. The van der Waals surface area contributed by atoms with E-state index in [1.165, 1.54) is 5.56 Å². The Morgan fingerprint density at radius 1 is 1.04 bits per heavy atom. The zero-order valence-corrected chi connectivity index (χ0v) is 14.3. The Bertz CT molecular complexity index is 547. The molecule has 4 heteroatoms. The van der Waals surface area contributed by atoms with Crippen LogP contribution in [0.25, 0.3) is 0 Å². The highest BCUT2D eigenvalue weighted by atomic mass is 16.6. The summed E-state index contributed by atoms with van der Waals surface area (Å²) < 4.78 is 11.5. The van der Waals surface area contributed by atoms with E-state index in [2.05, 4.69) is 26.1 Å². The molecule has 0 radical (unpaired) electrons. The number of fused-ring (bicyclic) bond motifs is 1. The van der Waals surface area contributed by atoms with Crippen molar-refractivity contribution < 1.29 is 14.3 Å². The minimum absolute atomic E-state index is 0.00522. The minimum Gasteiger partial charge on any atom is -0.373 e. The number of nitrogens with one attached hydrogen (secondary N) is 1. The maximum Gasteiger partial charge on any atom is 0.251 e. The third-order valence-electron chi connectivity index (χ3n) is 4.83. The molecule has 3 rings (SSSR count). The van der Waals surface area contributed by atoms with Crippen LogP contribution in [0.2, 0.25) is 0 Å². The average molecular weight is 317 g/mol. The number of amides is 1. The van der Waals surface area contributed by atoms with Crippen molar-refractivity contribution in [3.05, 3.63) is 35.4 Å². The summed E-state index contributed by atoms with van der Waals surface area (Å²) in [6.07, 6.45) is 3.10. The van der Waals surface area contributed by atoms with E-state index >= 15 is 0 Å². The van der Waals surface area contributed by atoms with E-state index in [4.69, 9.17) is 9.47 Å². The standard InChI is InChI=1S/C19H27NO3/c1-19(2,3)14-6-4-13(5-7-14)18(21)20-15-8-9-16-17(12-15)23-11-10-22-16/h4-7,15-17H,8-12H2,1-3H3,(H,20,21)/t15-,16+,17-/m1/s1. The van der Waals surface area contributed by atoms with Crippen LogP contribution in [-0.2, 0) is 14.9 Å². The van der Waals surface area contributed by atoms with Gasteiger partial charge in [-0.05, 0) is 42.4 Å². The molecule has 4 nitrogen and oxygen atoms in total. The van der Waals surface area contributed by atoms with Gasteiger partial charge in [0.1, 0.15) is 0 Å². The van der Waals surface area contributed by atoms with Gasteiger partial charge in [-0.25, -0.2) is 0 Å². The minimum atomic E-state index is 0.00522. The second-order valence-corrected chi connectivity index (χ2v) is 7.63. The maximum atomic E-state index is 12.5. The fraction of sp³-hybridized carbons (Fsp3) is 0.632. The number of ether oxygens (including phenoxy) is 2. The van der Waals surface area contributed by atoms with E-state index in [0.717, 1.165) is 24.8 Å². The summed E-state index contributed by atoms with van der Waals surface area (Å²) in [5, 5.41) is 3.15. The fourth-order valence-corrected chi connectivity index (χ4v) is 3.39. The second-order valence-electron chi connectivity index (χ2n) is 7.63. The first-order valence-electron chi connectivity index (χ1n) is 8.58. The van der Waals surface area contributed by atoms with Gasteiger partial charge in [-0.1, -0.05) is 32.9 Å². The van der Waals surface area contributed by atoms with E-state index in [0.29, 0.717) is 13.2 Å². The molecule has 1 aromatic rings. The van der Waals surface area contributed by atoms with Crippen LogP contribution in [0.15, 0.2) is 24.3 Å². The van der Waals surface area contributed by atoms with E-state index in [-0.39, 0.29) is 29.6 Å². The lowest BCUT2D eigenvalue weighted by molar-refractivity contribution is -0.157. The lowest BCUT2D eigenvalue weighted by atomic mass is 9.86. The van der Waals surface area contributed by atoms with Crippen molar-refractivity contribution >= 4 is 5.91 Å².